The van der Waals surface area contributed by atoms with E-state index in [9.17, 15) is 0 Å². The fourth-order valence-electron chi connectivity index (χ4n) is 0.418. The summed E-state index contributed by atoms with van der Waals surface area (Å²) in [6.07, 6.45) is 2.10. The molecule has 0 aliphatic rings. The second-order valence-electron chi connectivity index (χ2n) is 2.50. The van der Waals surface area contributed by atoms with Crippen LogP contribution in [0.15, 0.2) is 16.8 Å². The molecule has 2 heteroatoms. The van der Waals surface area contributed by atoms with Gasteiger partial charge in [0, 0.05) is 0 Å². The summed E-state index contributed by atoms with van der Waals surface area (Å²) in [6.45, 7) is 9.80. The predicted octanol–water partition coefficient (Wildman–Crippen LogP) is 1.97. The zero-order valence-electron chi connectivity index (χ0n) is 6.72. The Morgan fingerprint density at radius 1 is 1.60 bits per heavy atom. The second-order valence-corrected chi connectivity index (χ2v) is 4.19. The third kappa shape index (κ3) is 3.89. The molecule has 0 aromatic heterocycles. The van der Waals surface area contributed by atoms with Crippen molar-refractivity contribution in [3.8, 4) is 0 Å². The zero-order valence-corrected chi connectivity index (χ0v) is 9.65. The molecular formula is C8H13NW. The molecule has 0 bridgehead atoms. The Hall–Kier alpha value is -0.0317. The van der Waals surface area contributed by atoms with Gasteiger partial charge in [-0.2, -0.15) is 0 Å². The first-order valence-corrected chi connectivity index (χ1v) is 4.73. The van der Waals surface area contributed by atoms with Crippen molar-refractivity contribution in [2.24, 2.45) is 10.9 Å². The first-order valence-electron chi connectivity index (χ1n) is 3.26. The van der Waals surface area contributed by atoms with E-state index in [0.717, 1.165) is 5.70 Å². The Kier molecular flexibility index (Phi) is 4.72. The second kappa shape index (κ2) is 4.73. The van der Waals surface area contributed by atoms with Crippen LogP contribution < -0.4 is 0 Å². The Bertz CT molecular complexity index is 168. The summed E-state index contributed by atoms with van der Waals surface area (Å²) in [6, 6.07) is 0. The molecule has 1 nitrogen and oxygen atoms in total. The number of aliphatic imine (C=N–C) groups is 1. The molecule has 0 aliphatic carbocycles. The molecule has 0 radical (unpaired) electrons. The van der Waals surface area contributed by atoms with E-state index < -0.39 is 0 Å². The molecule has 0 atom stereocenters. The van der Waals surface area contributed by atoms with E-state index in [1.54, 1.807) is 0 Å². The third-order valence-corrected chi connectivity index (χ3v) is 3.29. The Balaban J connectivity index is 4.13. The van der Waals surface area contributed by atoms with E-state index in [0.29, 0.717) is 5.92 Å². The van der Waals surface area contributed by atoms with Gasteiger partial charge in [0.2, 0.25) is 0 Å². The summed E-state index contributed by atoms with van der Waals surface area (Å²) in [4.78, 5) is 3.81. The molecule has 0 spiro atoms. The van der Waals surface area contributed by atoms with Crippen molar-refractivity contribution in [1.29, 1.82) is 0 Å². The van der Waals surface area contributed by atoms with Gasteiger partial charge in [0.25, 0.3) is 0 Å². The monoisotopic (exact) mass is 307 g/mol. The van der Waals surface area contributed by atoms with E-state index in [1.165, 1.54) is 23.3 Å². The molecule has 0 amide bonds. The van der Waals surface area contributed by atoms with Crippen molar-refractivity contribution in [1.82, 2.24) is 0 Å². The van der Waals surface area contributed by atoms with Crippen LogP contribution in [0.5, 0.6) is 0 Å². The summed E-state index contributed by atoms with van der Waals surface area (Å²) in [5.41, 5.74) is 1.01. The molecule has 0 saturated carbocycles. The van der Waals surface area contributed by atoms with Crippen LogP contribution in [0, 0.1) is 5.92 Å². The van der Waals surface area contributed by atoms with Crippen molar-refractivity contribution >= 4 is 10.6 Å². The van der Waals surface area contributed by atoms with Gasteiger partial charge in [-0.05, 0) is 0 Å². The van der Waals surface area contributed by atoms with Crippen LogP contribution in [0.3, 0.4) is 0 Å². The molecule has 0 aliphatic heterocycles. The maximum atomic E-state index is 3.81. The van der Waals surface area contributed by atoms with Gasteiger partial charge in [0.15, 0.2) is 0 Å². The molecule has 0 rings (SSSR count). The van der Waals surface area contributed by atoms with Crippen molar-refractivity contribution in [2.75, 3.05) is 0 Å². The van der Waals surface area contributed by atoms with Crippen LogP contribution in [0.1, 0.15) is 20.8 Å². The predicted molar refractivity (Wildman–Crippen MR) is 43.2 cm³/mol. The minimum atomic E-state index is 0.645. The van der Waals surface area contributed by atoms with Gasteiger partial charge in [-0.3, -0.25) is 0 Å². The van der Waals surface area contributed by atoms with Crippen LogP contribution in [-0.2, 0) is 19.4 Å². The molecule has 56 valence electrons. The van der Waals surface area contributed by atoms with Crippen molar-refractivity contribution in [2.45, 2.75) is 20.8 Å². The van der Waals surface area contributed by atoms with Gasteiger partial charge in [-0.25, -0.2) is 0 Å². The van der Waals surface area contributed by atoms with Crippen molar-refractivity contribution in [3.63, 3.8) is 0 Å². The molecule has 0 saturated heterocycles. The minimum absolute atomic E-state index is 0.645. The van der Waals surface area contributed by atoms with E-state index in [4.69, 9.17) is 0 Å². The third-order valence-electron chi connectivity index (χ3n) is 1.17. The molecule has 0 heterocycles. The van der Waals surface area contributed by atoms with Crippen LogP contribution in [0.2, 0.25) is 0 Å². The molecule has 0 aromatic rings. The van der Waals surface area contributed by atoms with Crippen LogP contribution in [-0.4, -0.2) is 10.6 Å². The van der Waals surface area contributed by atoms with Gasteiger partial charge in [-0.1, -0.05) is 0 Å². The van der Waals surface area contributed by atoms with Crippen molar-refractivity contribution in [3.05, 3.63) is 11.8 Å². The number of hydrogen-bond acceptors (Lipinski definition) is 1. The van der Waals surface area contributed by atoms with Gasteiger partial charge >= 0.3 is 73.4 Å². The molecule has 0 unspecified atom stereocenters. The normalized spacial score (nSPS) is 11.8. The van der Waals surface area contributed by atoms with Crippen LogP contribution >= 0.6 is 0 Å². The molecular weight excluding hydrogens is 294 g/mol. The van der Waals surface area contributed by atoms with Crippen molar-refractivity contribution < 1.29 is 19.4 Å². The van der Waals surface area contributed by atoms with Gasteiger partial charge < -0.3 is 0 Å². The van der Waals surface area contributed by atoms with Crippen LogP contribution in [0.4, 0.5) is 0 Å². The SMILES string of the molecule is C=NC(C)=C[C](=[W])C(C)C. The summed E-state index contributed by atoms with van der Waals surface area (Å²) < 4.78 is 1.44. The molecule has 0 N–H and O–H groups in total. The summed E-state index contributed by atoms with van der Waals surface area (Å²) in [7, 11) is 0. The Labute approximate surface area is 73.7 Å². The van der Waals surface area contributed by atoms with E-state index in [2.05, 4.69) is 31.6 Å². The number of rotatable bonds is 3. The fourth-order valence-corrected chi connectivity index (χ4v) is 1.03. The van der Waals surface area contributed by atoms with Gasteiger partial charge in [0.1, 0.15) is 0 Å². The average Bonchev–Trinajstić information content (AvgIpc) is 1.87. The quantitative estimate of drug-likeness (QED) is 0.707. The van der Waals surface area contributed by atoms with E-state index >= 15 is 0 Å². The van der Waals surface area contributed by atoms with Gasteiger partial charge in [0.05, 0.1) is 0 Å². The summed E-state index contributed by atoms with van der Waals surface area (Å²) >= 11 is 1.52. The molecule has 10 heavy (non-hydrogen) atoms. The molecule has 0 aromatic carbocycles. The van der Waals surface area contributed by atoms with Crippen LogP contribution in [0.25, 0.3) is 0 Å². The number of hydrogen-bond donors (Lipinski definition) is 0. The number of allylic oxidation sites excluding steroid dienone is 2. The first kappa shape index (κ1) is 9.97. The Morgan fingerprint density at radius 2 is 2.10 bits per heavy atom. The Morgan fingerprint density at radius 3 is 2.40 bits per heavy atom. The fraction of sp³-hybridized carbons (Fsp3) is 0.500. The average molecular weight is 307 g/mol. The summed E-state index contributed by atoms with van der Waals surface area (Å²) in [5.74, 6) is 0.645. The summed E-state index contributed by atoms with van der Waals surface area (Å²) in [5, 5.41) is 0. The van der Waals surface area contributed by atoms with E-state index in [1.807, 2.05) is 6.92 Å². The molecule has 0 fully saturated rings. The standard InChI is InChI=1S/C8H13N.W/c1-7(2)5-6-8(3)9-4;/h6-7H,4H2,1-3H3;. The first-order chi connectivity index (χ1) is 4.57. The van der Waals surface area contributed by atoms with E-state index in [-0.39, 0.29) is 0 Å². The number of nitrogens with zero attached hydrogens (tertiary/aromatic N) is 1. The topological polar surface area (TPSA) is 12.4 Å². The van der Waals surface area contributed by atoms with Gasteiger partial charge in [-0.15, -0.1) is 0 Å². The maximum absolute atomic E-state index is 3.81. The zero-order chi connectivity index (χ0) is 8.15.